The quantitative estimate of drug-likeness (QED) is 0.789. The first-order valence-corrected chi connectivity index (χ1v) is 7.53. The molecule has 0 fully saturated rings. The molecule has 0 saturated heterocycles. The molecule has 7 heteroatoms. The number of nitrogens with one attached hydrogen (secondary N) is 1. The van der Waals surface area contributed by atoms with E-state index in [1.807, 2.05) is 19.1 Å². The maximum Gasteiger partial charge on any atom is 0.320 e. The molecule has 0 bridgehead atoms. The number of thiophene rings is 1. The summed E-state index contributed by atoms with van der Waals surface area (Å²) in [7, 11) is 0. The van der Waals surface area contributed by atoms with E-state index in [0.29, 0.717) is 13.1 Å². The number of likely N-dealkylation sites (N-methyl/N-ethyl adjacent to an activating group) is 1. The lowest BCUT2D eigenvalue weighted by Gasteiger charge is -2.21. The Labute approximate surface area is 124 Å². The van der Waals surface area contributed by atoms with Crippen LogP contribution in [0.4, 0.5) is 0 Å². The number of nitrogens with zero attached hydrogens (tertiary/aromatic N) is 1. The van der Waals surface area contributed by atoms with Crippen molar-refractivity contribution < 1.29 is 14.7 Å². The van der Waals surface area contributed by atoms with Gasteiger partial charge >= 0.3 is 5.97 Å². The SMILES string of the molecule is CCN(Cc1ccc(Br)s1)C(=O)CN[C@@H](C)C(=O)O. The van der Waals surface area contributed by atoms with Crippen LogP contribution in [0, 0.1) is 0 Å². The molecule has 1 heterocycles. The second kappa shape index (κ2) is 7.62. The standard InChI is InChI=1S/C12H17BrN2O3S/c1-3-15(7-9-4-5-10(13)19-9)11(16)6-14-8(2)12(17)18/h4-5,8,14H,3,6-7H2,1-2H3,(H,17,18)/t8-/m0/s1. The number of hydrogen-bond acceptors (Lipinski definition) is 4. The van der Waals surface area contributed by atoms with Crippen LogP contribution < -0.4 is 5.32 Å². The van der Waals surface area contributed by atoms with Crippen molar-refractivity contribution >= 4 is 39.1 Å². The zero-order valence-corrected chi connectivity index (χ0v) is 13.3. The molecule has 1 aromatic heterocycles. The summed E-state index contributed by atoms with van der Waals surface area (Å²) in [6, 6.07) is 3.19. The molecule has 1 atom stereocenters. The van der Waals surface area contributed by atoms with Crippen LogP contribution in [0.3, 0.4) is 0 Å². The normalized spacial score (nSPS) is 12.2. The van der Waals surface area contributed by atoms with Gasteiger partial charge in [-0.1, -0.05) is 0 Å². The minimum atomic E-state index is -0.960. The third-order valence-electron chi connectivity index (χ3n) is 2.64. The molecule has 1 amide bonds. The van der Waals surface area contributed by atoms with E-state index < -0.39 is 12.0 Å². The fraction of sp³-hybridized carbons (Fsp3) is 0.500. The Kier molecular flexibility index (Phi) is 6.47. The van der Waals surface area contributed by atoms with Gasteiger partial charge in [-0.2, -0.15) is 0 Å². The van der Waals surface area contributed by atoms with Gasteiger partial charge in [0.25, 0.3) is 0 Å². The molecule has 2 N–H and O–H groups in total. The highest BCUT2D eigenvalue weighted by Crippen LogP contribution is 2.23. The number of carbonyl (C=O) groups is 2. The van der Waals surface area contributed by atoms with Gasteiger partial charge in [0.2, 0.25) is 5.91 Å². The highest BCUT2D eigenvalue weighted by atomic mass is 79.9. The monoisotopic (exact) mass is 348 g/mol. The summed E-state index contributed by atoms with van der Waals surface area (Å²) in [5.74, 6) is -1.06. The van der Waals surface area contributed by atoms with E-state index in [9.17, 15) is 9.59 Å². The lowest BCUT2D eigenvalue weighted by molar-refractivity contribution is -0.139. The third-order valence-corrected chi connectivity index (χ3v) is 4.25. The summed E-state index contributed by atoms with van der Waals surface area (Å²) in [5.41, 5.74) is 0. The van der Waals surface area contributed by atoms with Crippen molar-refractivity contribution in [2.24, 2.45) is 0 Å². The van der Waals surface area contributed by atoms with Crippen LogP contribution in [-0.2, 0) is 16.1 Å². The van der Waals surface area contributed by atoms with Gasteiger partial charge in [0.1, 0.15) is 6.04 Å². The predicted molar refractivity (Wildman–Crippen MR) is 78.2 cm³/mol. The maximum absolute atomic E-state index is 12.0. The summed E-state index contributed by atoms with van der Waals surface area (Å²) >= 11 is 4.97. The van der Waals surface area contributed by atoms with Gasteiger partial charge in [-0.05, 0) is 41.9 Å². The van der Waals surface area contributed by atoms with Gasteiger partial charge in [-0.25, -0.2) is 0 Å². The molecule has 0 aromatic carbocycles. The second-order valence-corrected chi connectivity index (χ2v) is 6.60. The van der Waals surface area contributed by atoms with Crippen molar-refractivity contribution in [1.82, 2.24) is 10.2 Å². The lowest BCUT2D eigenvalue weighted by Crippen LogP contribution is -2.43. The minimum absolute atomic E-state index is 0.0356. The van der Waals surface area contributed by atoms with E-state index >= 15 is 0 Å². The van der Waals surface area contributed by atoms with Gasteiger partial charge in [-0.15, -0.1) is 11.3 Å². The van der Waals surface area contributed by atoms with E-state index in [1.54, 1.807) is 16.2 Å². The Hall–Kier alpha value is -0.920. The van der Waals surface area contributed by atoms with Crippen molar-refractivity contribution in [3.05, 3.63) is 20.8 Å². The highest BCUT2D eigenvalue weighted by Gasteiger charge is 2.16. The van der Waals surface area contributed by atoms with Crippen molar-refractivity contribution in [3.8, 4) is 0 Å². The van der Waals surface area contributed by atoms with Crippen LogP contribution in [0.2, 0.25) is 0 Å². The van der Waals surface area contributed by atoms with Crippen molar-refractivity contribution in [2.75, 3.05) is 13.1 Å². The van der Waals surface area contributed by atoms with Crippen LogP contribution >= 0.6 is 27.3 Å². The fourth-order valence-electron chi connectivity index (χ4n) is 1.44. The molecule has 1 aromatic rings. The number of amides is 1. The third kappa shape index (κ3) is 5.30. The molecular weight excluding hydrogens is 332 g/mol. The molecule has 106 valence electrons. The zero-order valence-electron chi connectivity index (χ0n) is 10.9. The van der Waals surface area contributed by atoms with Crippen molar-refractivity contribution in [3.63, 3.8) is 0 Å². The smallest absolute Gasteiger partial charge is 0.320 e. The Morgan fingerprint density at radius 2 is 2.21 bits per heavy atom. The van der Waals surface area contributed by atoms with E-state index in [2.05, 4.69) is 21.2 Å². The summed E-state index contributed by atoms with van der Waals surface area (Å²) < 4.78 is 1.03. The number of halogens is 1. The first-order valence-electron chi connectivity index (χ1n) is 5.92. The number of hydrogen-bond donors (Lipinski definition) is 2. The average Bonchev–Trinajstić information content (AvgIpc) is 2.77. The van der Waals surface area contributed by atoms with Crippen LogP contribution in [0.15, 0.2) is 15.9 Å². The van der Waals surface area contributed by atoms with Crippen LogP contribution in [0.25, 0.3) is 0 Å². The minimum Gasteiger partial charge on any atom is -0.480 e. The Morgan fingerprint density at radius 1 is 1.53 bits per heavy atom. The van der Waals surface area contributed by atoms with Gasteiger partial charge in [-0.3, -0.25) is 14.9 Å². The van der Waals surface area contributed by atoms with Crippen molar-refractivity contribution in [1.29, 1.82) is 0 Å². The molecule has 0 spiro atoms. The molecule has 0 aliphatic rings. The number of carbonyl (C=O) groups excluding carboxylic acids is 1. The van der Waals surface area contributed by atoms with Gasteiger partial charge in [0, 0.05) is 11.4 Å². The molecule has 0 radical (unpaired) electrons. The summed E-state index contributed by atoms with van der Waals surface area (Å²) in [6.45, 7) is 4.60. The topological polar surface area (TPSA) is 69.6 Å². The molecule has 0 aliphatic carbocycles. The van der Waals surface area contributed by atoms with E-state index in [4.69, 9.17) is 5.11 Å². The van der Waals surface area contributed by atoms with Crippen LogP contribution in [-0.4, -0.2) is 41.0 Å². The van der Waals surface area contributed by atoms with Crippen LogP contribution in [0.5, 0.6) is 0 Å². The van der Waals surface area contributed by atoms with E-state index in [0.717, 1.165) is 8.66 Å². The molecule has 5 nitrogen and oxygen atoms in total. The number of rotatable bonds is 7. The first kappa shape index (κ1) is 16.1. The molecule has 1 rings (SSSR count). The van der Waals surface area contributed by atoms with Gasteiger partial charge in [0.05, 0.1) is 16.9 Å². The van der Waals surface area contributed by atoms with Crippen molar-refractivity contribution in [2.45, 2.75) is 26.4 Å². The fourth-order valence-corrected chi connectivity index (χ4v) is 2.94. The van der Waals surface area contributed by atoms with E-state index in [1.165, 1.54) is 6.92 Å². The average molecular weight is 349 g/mol. The highest BCUT2D eigenvalue weighted by molar-refractivity contribution is 9.11. The molecule has 0 unspecified atom stereocenters. The molecular formula is C12H17BrN2O3S. The van der Waals surface area contributed by atoms with E-state index in [-0.39, 0.29) is 12.5 Å². The largest absolute Gasteiger partial charge is 0.480 e. The second-order valence-electron chi connectivity index (χ2n) is 4.05. The van der Waals surface area contributed by atoms with Crippen LogP contribution in [0.1, 0.15) is 18.7 Å². The molecule has 0 saturated carbocycles. The number of carboxylic acid groups (broad SMARTS) is 1. The molecule has 19 heavy (non-hydrogen) atoms. The first-order chi connectivity index (χ1) is 8.93. The Bertz CT molecular complexity index is 450. The Morgan fingerprint density at radius 3 is 2.68 bits per heavy atom. The molecule has 0 aliphatic heterocycles. The van der Waals surface area contributed by atoms with Gasteiger partial charge in [0.15, 0.2) is 0 Å². The maximum atomic E-state index is 12.0. The summed E-state index contributed by atoms with van der Waals surface area (Å²) in [4.78, 5) is 25.4. The summed E-state index contributed by atoms with van der Waals surface area (Å²) in [5, 5.41) is 11.4. The zero-order chi connectivity index (χ0) is 14.4. The summed E-state index contributed by atoms with van der Waals surface area (Å²) in [6.07, 6.45) is 0. The van der Waals surface area contributed by atoms with Gasteiger partial charge < -0.3 is 10.0 Å². The number of aliphatic carboxylic acids is 1. The predicted octanol–water partition coefficient (Wildman–Crippen LogP) is 1.92. The lowest BCUT2D eigenvalue weighted by atomic mass is 10.3. The Balaban J connectivity index is 2.50. The number of carboxylic acids is 1.